The van der Waals surface area contributed by atoms with Crippen LogP contribution >= 0.6 is 0 Å². The van der Waals surface area contributed by atoms with Crippen molar-refractivity contribution in [1.29, 1.82) is 0 Å². The molecule has 0 atom stereocenters. The molecule has 0 spiro atoms. The van der Waals surface area contributed by atoms with Gasteiger partial charge in [-0.25, -0.2) is 0 Å². The third kappa shape index (κ3) is 10.8. The summed E-state index contributed by atoms with van der Waals surface area (Å²) in [5, 5.41) is 0. The van der Waals surface area contributed by atoms with Crippen LogP contribution in [0, 0.1) is 5.92 Å². The molecule has 0 saturated heterocycles. The van der Waals surface area contributed by atoms with Crippen LogP contribution in [0.4, 0.5) is 0 Å². The fraction of sp³-hybridized carbons (Fsp3) is 0.636. The van der Waals surface area contributed by atoms with E-state index >= 15 is 0 Å². The SMILES string of the molecule is C[Si](C)(C)[N-][Si](C)(C)CC1C=CC=C1.[Cl-].[Cl-].[Ti+3]. The molecule has 97 valence electrons. The van der Waals surface area contributed by atoms with Crippen molar-refractivity contribution in [1.82, 2.24) is 0 Å². The van der Waals surface area contributed by atoms with Crippen molar-refractivity contribution in [3.05, 3.63) is 29.0 Å². The molecule has 1 aliphatic rings. The van der Waals surface area contributed by atoms with Crippen LogP contribution in [0.2, 0.25) is 38.8 Å². The summed E-state index contributed by atoms with van der Waals surface area (Å²) in [4.78, 5) is 0. The second-order valence-corrected chi connectivity index (χ2v) is 15.0. The van der Waals surface area contributed by atoms with Crippen molar-refractivity contribution in [2.24, 2.45) is 5.92 Å². The van der Waals surface area contributed by atoms with Crippen LogP contribution in [0.25, 0.3) is 4.65 Å². The molecule has 1 nitrogen and oxygen atoms in total. The van der Waals surface area contributed by atoms with Crippen LogP contribution in [0.3, 0.4) is 0 Å². The smallest absolute Gasteiger partial charge is 1.00 e. The summed E-state index contributed by atoms with van der Waals surface area (Å²) in [6, 6.07) is 1.28. The first kappa shape index (κ1) is 23.3. The summed E-state index contributed by atoms with van der Waals surface area (Å²) < 4.78 is 5.11. The van der Waals surface area contributed by atoms with Gasteiger partial charge >= 0.3 is 21.7 Å². The molecule has 0 aromatic rings. The summed E-state index contributed by atoms with van der Waals surface area (Å²) >= 11 is 0. The summed E-state index contributed by atoms with van der Waals surface area (Å²) in [6.45, 7) is 11.8. The Labute approximate surface area is 136 Å². The molecule has 0 aromatic heterocycles. The number of halogens is 2. The zero-order chi connectivity index (χ0) is 10.8. The molecule has 0 unspecified atom stereocenters. The van der Waals surface area contributed by atoms with E-state index in [1.165, 1.54) is 6.04 Å². The Morgan fingerprint density at radius 1 is 0.941 bits per heavy atom. The maximum atomic E-state index is 5.11. The Morgan fingerprint density at radius 2 is 1.35 bits per heavy atom. The van der Waals surface area contributed by atoms with Crippen LogP contribution in [0.1, 0.15) is 0 Å². The van der Waals surface area contributed by atoms with E-state index in [9.17, 15) is 0 Å². The Morgan fingerprint density at radius 3 is 1.71 bits per heavy atom. The van der Waals surface area contributed by atoms with Gasteiger partial charge in [-0.3, -0.25) is 0 Å². The van der Waals surface area contributed by atoms with Gasteiger partial charge in [0.15, 0.2) is 0 Å². The topological polar surface area (TPSA) is 14.1 Å². The maximum absolute atomic E-state index is 5.11. The van der Waals surface area contributed by atoms with Crippen LogP contribution in [-0.2, 0) is 21.7 Å². The van der Waals surface area contributed by atoms with Gasteiger partial charge in [0.2, 0.25) is 0 Å². The van der Waals surface area contributed by atoms with Gasteiger partial charge in [0.25, 0.3) is 0 Å². The van der Waals surface area contributed by atoms with E-state index < -0.39 is 16.5 Å². The van der Waals surface area contributed by atoms with Gasteiger partial charge in [-0.05, 0) is 5.92 Å². The van der Waals surface area contributed by atoms with Crippen molar-refractivity contribution >= 4 is 16.5 Å². The van der Waals surface area contributed by atoms with E-state index in [4.69, 9.17) is 4.65 Å². The minimum Gasteiger partial charge on any atom is -1.00 e. The van der Waals surface area contributed by atoms with Gasteiger partial charge in [-0.2, -0.15) is 0 Å². The molecule has 1 radical (unpaired) electrons. The molecule has 0 amide bonds. The zero-order valence-corrected chi connectivity index (χ0v) is 16.4. The molecule has 6 heteroatoms. The predicted molar refractivity (Wildman–Crippen MR) is 70.8 cm³/mol. The molecule has 0 heterocycles. The minimum atomic E-state index is -1.32. The van der Waals surface area contributed by atoms with Gasteiger partial charge in [-0.1, -0.05) is 79.6 Å². The van der Waals surface area contributed by atoms with E-state index in [1.807, 2.05) is 0 Å². The number of hydrogen-bond donors (Lipinski definition) is 0. The van der Waals surface area contributed by atoms with Crippen LogP contribution in [0.5, 0.6) is 0 Å². The zero-order valence-electron chi connectivity index (χ0n) is 11.3. The number of allylic oxidation sites excluding steroid dienone is 4. The van der Waals surface area contributed by atoms with E-state index in [-0.39, 0.29) is 46.5 Å². The maximum Gasteiger partial charge on any atom is 3.00 e. The standard InChI is InChI=1S/C11H22NSi2.2ClH.Ti/c1-13(2,3)12-14(4,5)10-11-8-6-7-9-11;;;/h6-9,11H,10H2,1-5H3;2*1H;/q-1;;;+3/p-2. The number of hydrogen-bond acceptors (Lipinski definition) is 0. The predicted octanol–water partition coefficient (Wildman–Crippen LogP) is -1.85. The molecule has 0 aromatic carbocycles. The quantitative estimate of drug-likeness (QED) is 0.532. The summed E-state index contributed by atoms with van der Waals surface area (Å²) in [6.07, 6.45) is 8.91. The molecule has 0 aliphatic heterocycles. The first-order valence-electron chi connectivity index (χ1n) is 5.38. The Kier molecular flexibility index (Phi) is 12.5. The minimum absolute atomic E-state index is 0. The largest absolute Gasteiger partial charge is 3.00 e. The molecule has 1 aliphatic carbocycles. The van der Waals surface area contributed by atoms with E-state index in [2.05, 4.69) is 57.0 Å². The first-order valence-corrected chi connectivity index (χ1v) is 12.0. The number of nitrogens with zero attached hydrogens (tertiary/aromatic N) is 1. The van der Waals surface area contributed by atoms with Crippen LogP contribution in [0.15, 0.2) is 24.3 Å². The molecule has 17 heavy (non-hydrogen) atoms. The third-order valence-electron chi connectivity index (χ3n) is 2.20. The van der Waals surface area contributed by atoms with Gasteiger partial charge in [-0.15, -0.1) is 0 Å². The van der Waals surface area contributed by atoms with Crippen molar-refractivity contribution in [2.45, 2.75) is 38.8 Å². The average Bonchev–Trinajstić information content (AvgIpc) is 2.31. The Balaban J connectivity index is -0.000000653. The van der Waals surface area contributed by atoms with E-state index in [1.54, 1.807) is 0 Å². The first-order chi connectivity index (χ1) is 6.29. The van der Waals surface area contributed by atoms with Crippen LogP contribution in [-0.4, -0.2) is 16.5 Å². The van der Waals surface area contributed by atoms with Crippen molar-refractivity contribution < 1.29 is 46.5 Å². The average molecular weight is 343 g/mol. The second-order valence-electron chi connectivity index (χ2n) is 5.73. The Bertz CT molecular complexity index is 251. The van der Waals surface area contributed by atoms with Crippen molar-refractivity contribution in [3.63, 3.8) is 0 Å². The summed E-state index contributed by atoms with van der Waals surface area (Å²) in [7, 11) is -2.55. The van der Waals surface area contributed by atoms with Gasteiger partial charge in [0, 0.05) is 0 Å². The number of rotatable bonds is 4. The van der Waals surface area contributed by atoms with Crippen molar-refractivity contribution in [2.75, 3.05) is 0 Å². The summed E-state index contributed by atoms with van der Waals surface area (Å²) in [5.74, 6) is 0.664. The summed E-state index contributed by atoms with van der Waals surface area (Å²) in [5.41, 5.74) is 0. The third-order valence-corrected chi connectivity index (χ3v) is 8.78. The van der Waals surface area contributed by atoms with Gasteiger partial charge in [0.05, 0.1) is 0 Å². The van der Waals surface area contributed by atoms with Crippen LogP contribution < -0.4 is 24.8 Å². The molecule has 0 saturated carbocycles. The normalized spacial score (nSPS) is 14.9. The molecule has 0 fully saturated rings. The Hall–Kier alpha value is 1.17. The molecule has 0 N–H and O–H groups in total. The molecular formula is C11H22Cl2NSi2Ti. The monoisotopic (exact) mass is 342 g/mol. The van der Waals surface area contributed by atoms with E-state index in [0.717, 1.165) is 0 Å². The van der Waals surface area contributed by atoms with Crippen molar-refractivity contribution in [3.8, 4) is 0 Å². The fourth-order valence-corrected chi connectivity index (χ4v) is 11.2. The molecule has 1 rings (SSSR count). The van der Waals surface area contributed by atoms with Gasteiger partial charge in [0.1, 0.15) is 0 Å². The van der Waals surface area contributed by atoms with E-state index in [0.29, 0.717) is 5.92 Å². The second kappa shape index (κ2) is 9.13. The van der Waals surface area contributed by atoms with Gasteiger partial charge < -0.3 is 29.5 Å². The fourth-order valence-electron chi connectivity index (χ4n) is 2.14. The molecule has 0 bridgehead atoms. The molecular weight excluding hydrogens is 321 g/mol.